The molecule has 0 unspecified atom stereocenters. The highest BCUT2D eigenvalue weighted by atomic mass is 79.9. The van der Waals surface area contributed by atoms with Gasteiger partial charge in [-0.25, -0.2) is 0 Å². The van der Waals surface area contributed by atoms with Crippen molar-refractivity contribution in [2.45, 2.75) is 0 Å². The van der Waals surface area contributed by atoms with Crippen LogP contribution < -0.4 is 0 Å². The van der Waals surface area contributed by atoms with Crippen LogP contribution in [0.2, 0.25) is 0 Å². The van der Waals surface area contributed by atoms with Crippen LogP contribution in [0.25, 0.3) is 0 Å². The van der Waals surface area contributed by atoms with Gasteiger partial charge in [0.2, 0.25) is 0 Å². The summed E-state index contributed by atoms with van der Waals surface area (Å²) in [4.78, 5) is 0. The largest absolute Gasteiger partial charge is 0.102 e. The number of alkyl halides is 1. The summed E-state index contributed by atoms with van der Waals surface area (Å²) in [5.74, 6) is 0. The van der Waals surface area contributed by atoms with Crippen molar-refractivity contribution in [2.75, 3.05) is 5.33 Å². The van der Waals surface area contributed by atoms with Gasteiger partial charge in [-0.15, -0.1) is 6.58 Å². The van der Waals surface area contributed by atoms with Gasteiger partial charge in [0.05, 0.1) is 0 Å². The van der Waals surface area contributed by atoms with Crippen molar-refractivity contribution in [3.05, 3.63) is 38.0 Å². The summed E-state index contributed by atoms with van der Waals surface area (Å²) in [7, 11) is 0. The van der Waals surface area contributed by atoms with E-state index in [1.165, 1.54) is 0 Å². The second-order valence-electron chi connectivity index (χ2n) is 0.914. The van der Waals surface area contributed by atoms with E-state index in [-0.39, 0.29) is 0 Å². The lowest BCUT2D eigenvalue weighted by molar-refractivity contribution is 1.87. The topological polar surface area (TPSA) is 0 Å². The Morgan fingerprint density at radius 2 is 1.38 bits per heavy atom. The second-order valence-corrected chi connectivity index (χ2v) is 1.56. The molecule has 0 aromatic rings. The number of allylic oxidation sites excluding steroid dienone is 3. The molecule has 0 aromatic heterocycles. The molecule has 0 nitrogen and oxygen atoms in total. The van der Waals surface area contributed by atoms with Gasteiger partial charge < -0.3 is 0 Å². The van der Waals surface area contributed by atoms with Crippen molar-refractivity contribution in [3.8, 4) is 0 Å². The van der Waals surface area contributed by atoms with E-state index in [0.717, 1.165) is 5.33 Å². The Bertz CT molecular complexity index is 58.8. The molecule has 0 aliphatic heterocycles. The monoisotopic (exact) mass is 174 g/mol. The fraction of sp³-hybridized carbons (Fsp3) is 0.143. The average molecular weight is 175 g/mol. The molecule has 0 atom stereocenters. The Hall–Kier alpha value is -0.300. The second kappa shape index (κ2) is 15.9. The number of hydrogen-bond acceptors (Lipinski definition) is 0. The molecule has 0 aliphatic rings. The van der Waals surface area contributed by atoms with E-state index in [1.807, 2.05) is 0 Å². The molecule has 0 aliphatic carbocycles. The summed E-state index contributed by atoms with van der Waals surface area (Å²) in [6.45, 7) is 10.2. The molecule has 0 saturated carbocycles. The van der Waals surface area contributed by atoms with E-state index in [9.17, 15) is 0 Å². The molecule has 0 heterocycles. The van der Waals surface area contributed by atoms with E-state index in [4.69, 9.17) is 0 Å². The predicted octanol–water partition coefficient (Wildman–Crippen LogP) is 2.93. The molecule has 0 amide bonds. The molecule has 0 N–H and O–H groups in total. The SMILES string of the molecule is C=CC=C.C=CCBr. The highest BCUT2D eigenvalue weighted by Crippen LogP contribution is 1.73. The molecular weight excluding hydrogens is 164 g/mol. The summed E-state index contributed by atoms with van der Waals surface area (Å²) in [5.41, 5.74) is 0. The highest BCUT2D eigenvalue weighted by molar-refractivity contribution is 9.09. The highest BCUT2D eigenvalue weighted by Gasteiger charge is 1.47. The van der Waals surface area contributed by atoms with Crippen molar-refractivity contribution in [2.24, 2.45) is 0 Å². The smallest absolute Gasteiger partial charge is 0.0209 e. The third-order valence-corrected chi connectivity index (χ3v) is 0.734. The maximum absolute atomic E-state index is 3.43. The molecule has 46 valence electrons. The van der Waals surface area contributed by atoms with Crippen molar-refractivity contribution in [3.63, 3.8) is 0 Å². The molecular formula is C7H11Br. The van der Waals surface area contributed by atoms with E-state index in [1.54, 1.807) is 18.2 Å². The predicted molar refractivity (Wildman–Crippen MR) is 44.4 cm³/mol. The third-order valence-electron chi connectivity index (χ3n) is 0.276. The van der Waals surface area contributed by atoms with Crippen LogP contribution >= 0.6 is 15.9 Å². The summed E-state index contributed by atoms with van der Waals surface area (Å²) >= 11 is 3.13. The molecule has 0 saturated heterocycles. The van der Waals surface area contributed by atoms with Gasteiger partial charge in [0.1, 0.15) is 0 Å². The lowest BCUT2D eigenvalue weighted by atomic mass is 10.6. The van der Waals surface area contributed by atoms with Crippen LogP contribution in [-0.2, 0) is 0 Å². The lowest BCUT2D eigenvalue weighted by Gasteiger charge is -1.55. The Kier molecular flexibility index (Phi) is 21.1. The average Bonchev–Trinajstić information content (AvgIpc) is 1.88. The van der Waals surface area contributed by atoms with Crippen LogP contribution in [0.4, 0.5) is 0 Å². The maximum atomic E-state index is 3.43. The lowest BCUT2D eigenvalue weighted by Crippen LogP contribution is -1.43. The normalized spacial score (nSPS) is 5.62. The molecule has 1 heteroatoms. The molecule has 0 fully saturated rings. The third kappa shape index (κ3) is 43.6. The number of halogens is 1. The minimum Gasteiger partial charge on any atom is -0.102 e. The minimum absolute atomic E-state index is 0.896. The van der Waals surface area contributed by atoms with Crippen LogP contribution in [0.1, 0.15) is 0 Å². The zero-order valence-electron chi connectivity index (χ0n) is 4.94. The maximum Gasteiger partial charge on any atom is 0.0209 e. The first-order chi connectivity index (χ1) is 3.83. The summed E-state index contributed by atoms with van der Waals surface area (Å²) in [6.07, 6.45) is 5.07. The van der Waals surface area contributed by atoms with Gasteiger partial charge in [-0.3, -0.25) is 0 Å². The standard InChI is InChI=1S/C4H6.C3H5Br/c1-3-4-2;1-2-3-4/h3-4H,1-2H2;2H,1,3H2. The van der Waals surface area contributed by atoms with Crippen LogP contribution in [0, 0.1) is 0 Å². The molecule has 0 spiro atoms. The van der Waals surface area contributed by atoms with Crippen LogP contribution in [0.5, 0.6) is 0 Å². The summed E-state index contributed by atoms with van der Waals surface area (Å²) in [6, 6.07) is 0. The molecule has 0 aromatic carbocycles. The zero-order valence-corrected chi connectivity index (χ0v) is 6.52. The minimum atomic E-state index is 0.896. The Balaban J connectivity index is 0. The Labute approximate surface area is 59.7 Å². The fourth-order valence-electron chi connectivity index (χ4n) is 0. The summed E-state index contributed by atoms with van der Waals surface area (Å²) < 4.78 is 0. The molecule has 0 radical (unpaired) electrons. The number of hydrogen-bond donors (Lipinski definition) is 0. The first-order valence-electron chi connectivity index (χ1n) is 2.23. The van der Waals surface area contributed by atoms with Crippen LogP contribution in [0.15, 0.2) is 38.0 Å². The van der Waals surface area contributed by atoms with Crippen molar-refractivity contribution >= 4 is 15.9 Å². The first kappa shape index (κ1) is 10.6. The van der Waals surface area contributed by atoms with E-state index in [2.05, 4.69) is 35.7 Å². The zero-order chi connectivity index (χ0) is 6.83. The molecule has 0 rings (SSSR count). The van der Waals surface area contributed by atoms with Gasteiger partial charge in [-0.2, -0.15) is 0 Å². The Morgan fingerprint density at radius 1 is 1.12 bits per heavy atom. The first-order valence-corrected chi connectivity index (χ1v) is 3.36. The van der Waals surface area contributed by atoms with Gasteiger partial charge in [0.25, 0.3) is 0 Å². The van der Waals surface area contributed by atoms with Gasteiger partial charge in [-0.05, 0) is 0 Å². The quantitative estimate of drug-likeness (QED) is 0.344. The summed E-state index contributed by atoms with van der Waals surface area (Å²) in [5, 5.41) is 0.896. The van der Waals surface area contributed by atoms with Gasteiger partial charge in [-0.1, -0.05) is 47.3 Å². The Morgan fingerprint density at radius 3 is 1.38 bits per heavy atom. The number of rotatable bonds is 2. The molecule has 0 bridgehead atoms. The van der Waals surface area contributed by atoms with Gasteiger partial charge in [0.15, 0.2) is 0 Å². The van der Waals surface area contributed by atoms with Gasteiger partial charge in [0, 0.05) is 5.33 Å². The van der Waals surface area contributed by atoms with E-state index in [0.29, 0.717) is 0 Å². The molecule has 8 heavy (non-hydrogen) atoms. The van der Waals surface area contributed by atoms with Crippen molar-refractivity contribution in [1.82, 2.24) is 0 Å². The van der Waals surface area contributed by atoms with E-state index >= 15 is 0 Å². The van der Waals surface area contributed by atoms with Crippen molar-refractivity contribution in [1.29, 1.82) is 0 Å². The van der Waals surface area contributed by atoms with Crippen molar-refractivity contribution < 1.29 is 0 Å². The fourth-order valence-corrected chi connectivity index (χ4v) is 0. The van der Waals surface area contributed by atoms with E-state index < -0.39 is 0 Å². The van der Waals surface area contributed by atoms with Gasteiger partial charge >= 0.3 is 0 Å². The van der Waals surface area contributed by atoms with Crippen LogP contribution in [-0.4, -0.2) is 5.33 Å². The van der Waals surface area contributed by atoms with Crippen LogP contribution in [0.3, 0.4) is 0 Å².